The van der Waals surface area contributed by atoms with Gasteiger partial charge in [-0.25, -0.2) is 9.97 Å². The van der Waals surface area contributed by atoms with Crippen LogP contribution in [0, 0.1) is 5.41 Å². The molecule has 3 aromatic carbocycles. The molecule has 2 atom stereocenters. The van der Waals surface area contributed by atoms with Gasteiger partial charge >= 0.3 is 0 Å². The normalized spacial score (nSPS) is 23.2. The van der Waals surface area contributed by atoms with Crippen LogP contribution in [0.1, 0.15) is 45.0 Å². The van der Waals surface area contributed by atoms with E-state index in [0.717, 1.165) is 12.1 Å². The molecule has 2 aliphatic rings. The Morgan fingerprint density at radius 3 is 2.19 bits per heavy atom. The largest absolute Gasteiger partial charge is 0.455 e. The van der Waals surface area contributed by atoms with Crippen LogP contribution in [0.2, 0.25) is 15.1 Å². The van der Waals surface area contributed by atoms with Gasteiger partial charge in [-0.15, -0.1) is 0 Å². The molecule has 4 aromatic rings. The number of aromatic nitrogens is 2. The number of hydrogen-bond donors (Lipinski definition) is 1. The molecule has 0 radical (unpaired) electrons. The lowest BCUT2D eigenvalue weighted by molar-refractivity contribution is -0.125. The zero-order chi connectivity index (χ0) is 26.2. The number of benzene rings is 3. The van der Waals surface area contributed by atoms with Crippen LogP contribution in [0.5, 0.6) is 11.5 Å². The van der Waals surface area contributed by atoms with Gasteiger partial charge in [0.25, 0.3) is 0 Å². The van der Waals surface area contributed by atoms with Gasteiger partial charge < -0.3 is 10.1 Å². The van der Waals surface area contributed by atoms with Crippen molar-refractivity contribution in [3.8, 4) is 11.5 Å². The van der Waals surface area contributed by atoms with Crippen LogP contribution in [0.4, 0.5) is 5.69 Å². The van der Waals surface area contributed by atoms with E-state index in [2.05, 4.69) is 26.1 Å². The van der Waals surface area contributed by atoms with Gasteiger partial charge in [0.2, 0.25) is 5.91 Å². The van der Waals surface area contributed by atoms with E-state index in [4.69, 9.17) is 49.5 Å². The Morgan fingerprint density at radius 1 is 0.865 bits per heavy atom. The highest BCUT2D eigenvalue weighted by Crippen LogP contribution is 2.70. The monoisotopic (exact) mass is 551 g/mol. The number of carbonyl (C=O) groups is 1. The maximum atomic E-state index is 14.4. The third kappa shape index (κ3) is 3.41. The number of nitrogens with one attached hydrogen (secondary N) is 1. The minimum Gasteiger partial charge on any atom is -0.455 e. The molecule has 1 fully saturated rings. The highest BCUT2D eigenvalue weighted by Gasteiger charge is 2.73. The van der Waals surface area contributed by atoms with Crippen molar-refractivity contribution in [2.75, 3.05) is 5.32 Å². The van der Waals surface area contributed by atoms with Crippen molar-refractivity contribution in [3.05, 3.63) is 87.1 Å². The van der Waals surface area contributed by atoms with E-state index < -0.39 is 10.8 Å². The number of ether oxygens (including phenoxy) is 1. The zero-order valence-electron chi connectivity index (χ0n) is 20.5. The molecule has 0 spiro atoms. The van der Waals surface area contributed by atoms with Crippen LogP contribution in [0.3, 0.4) is 0 Å². The van der Waals surface area contributed by atoms with E-state index in [0.29, 0.717) is 55.4 Å². The molecule has 2 unspecified atom stereocenters. The number of nitrogens with zero attached hydrogens (tertiary/aromatic N) is 2. The Morgan fingerprint density at radius 2 is 1.51 bits per heavy atom. The third-order valence-corrected chi connectivity index (χ3v) is 9.59. The second kappa shape index (κ2) is 8.32. The summed E-state index contributed by atoms with van der Waals surface area (Å²) >= 11 is 18.9. The molecule has 1 saturated carbocycles. The number of para-hydroxylation sites is 1. The number of hydrogen-bond acceptors (Lipinski definition) is 4. The molecular formula is C29H24Cl3N3O2. The zero-order valence-corrected chi connectivity index (χ0v) is 22.8. The summed E-state index contributed by atoms with van der Waals surface area (Å²) in [6, 6.07) is 18.1. The minimum atomic E-state index is -0.906. The quantitative estimate of drug-likeness (QED) is 0.276. The molecule has 2 bridgehead atoms. The molecule has 1 aromatic heterocycles. The fourth-order valence-electron chi connectivity index (χ4n) is 6.13. The summed E-state index contributed by atoms with van der Waals surface area (Å²) in [5, 5.41) is 4.47. The summed E-state index contributed by atoms with van der Waals surface area (Å²) in [5.41, 5.74) is 1.61. The highest BCUT2D eigenvalue weighted by atomic mass is 35.5. The average molecular weight is 553 g/mol. The SMILES string of the molecule is CC12CCC(C(=O)Nc3cc(Cl)ccc3Oc3ccccc3)(c3nc4cc(Cl)c(Cl)cc4nc31)C2(C)C. The van der Waals surface area contributed by atoms with Gasteiger partial charge in [-0.05, 0) is 60.7 Å². The molecule has 1 N–H and O–H groups in total. The smallest absolute Gasteiger partial charge is 0.237 e. The van der Waals surface area contributed by atoms with E-state index in [1.807, 2.05) is 30.3 Å². The number of amides is 1. The Kier molecular flexibility index (Phi) is 5.50. The Hall–Kier alpha value is -2.86. The van der Waals surface area contributed by atoms with E-state index in [-0.39, 0.29) is 11.3 Å². The summed E-state index contributed by atoms with van der Waals surface area (Å²) in [7, 11) is 0. The molecule has 0 aliphatic heterocycles. The second-order valence-corrected chi connectivity index (χ2v) is 11.8. The summed E-state index contributed by atoms with van der Waals surface area (Å²) in [6.07, 6.45) is 1.46. The number of fused-ring (bicyclic) bond motifs is 6. The molecule has 1 heterocycles. The van der Waals surface area contributed by atoms with E-state index >= 15 is 0 Å². The fourth-order valence-corrected chi connectivity index (χ4v) is 6.62. The Balaban J connectivity index is 1.46. The molecular weight excluding hydrogens is 529 g/mol. The van der Waals surface area contributed by atoms with Crippen LogP contribution in [0.15, 0.2) is 60.7 Å². The maximum Gasteiger partial charge on any atom is 0.237 e. The number of rotatable bonds is 4. The van der Waals surface area contributed by atoms with Crippen molar-refractivity contribution < 1.29 is 9.53 Å². The van der Waals surface area contributed by atoms with Crippen LogP contribution in [0.25, 0.3) is 11.0 Å². The summed E-state index contributed by atoms with van der Waals surface area (Å²) in [5.74, 6) is 1.00. The summed E-state index contributed by atoms with van der Waals surface area (Å²) in [6.45, 7) is 6.44. The second-order valence-electron chi connectivity index (χ2n) is 10.5. The Bertz CT molecular complexity index is 1590. The van der Waals surface area contributed by atoms with Gasteiger partial charge in [-0.1, -0.05) is 73.8 Å². The van der Waals surface area contributed by atoms with Crippen molar-refractivity contribution in [1.29, 1.82) is 0 Å². The first-order valence-electron chi connectivity index (χ1n) is 12.1. The van der Waals surface area contributed by atoms with Crippen molar-refractivity contribution in [2.45, 2.75) is 44.4 Å². The first-order chi connectivity index (χ1) is 17.6. The lowest BCUT2D eigenvalue weighted by atomic mass is 9.63. The number of carbonyl (C=O) groups excluding carboxylic acids is 1. The number of anilines is 1. The molecule has 5 nitrogen and oxygen atoms in total. The van der Waals surface area contributed by atoms with Gasteiger partial charge in [-0.2, -0.15) is 0 Å². The van der Waals surface area contributed by atoms with Gasteiger partial charge in [0.1, 0.15) is 5.75 Å². The van der Waals surface area contributed by atoms with E-state index in [1.54, 1.807) is 30.3 Å². The predicted molar refractivity (Wildman–Crippen MR) is 148 cm³/mol. The van der Waals surface area contributed by atoms with Crippen LogP contribution in [-0.2, 0) is 15.6 Å². The van der Waals surface area contributed by atoms with Crippen LogP contribution >= 0.6 is 34.8 Å². The van der Waals surface area contributed by atoms with E-state index in [9.17, 15) is 4.79 Å². The minimum absolute atomic E-state index is 0.158. The standard InChI is InChI=1S/C29H24Cl3N3O2/c1-27(2)28(3)11-12-29(27,25-24(28)33-20-14-18(31)19(32)15-21(20)34-25)26(36)35-22-13-16(30)9-10-23(22)37-17-7-5-4-6-8-17/h4-10,13-15H,11-12H2,1-3H3,(H,35,36). The fraction of sp³-hybridized carbons (Fsp3) is 0.276. The van der Waals surface area contributed by atoms with Gasteiger partial charge in [0.15, 0.2) is 5.75 Å². The maximum absolute atomic E-state index is 14.4. The molecule has 188 valence electrons. The molecule has 1 amide bonds. The third-order valence-electron chi connectivity index (χ3n) is 8.63. The predicted octanol–water partition coefficient (Wildman–Crippen LogP) is 8.35. The molecule has 2 aliphatic carbocycles. The van der Waals surface area contributed by atoms with Crippen molar-refractivity contribution in [2.24, 2.45) is 5.41 Å². The first kappa shape index (κ1) is 24.5. The molecule has 6 rings (SSSR count). The molecule has 0 saturated heterocycles. The van der Waals surface area contributed by atoms with Crippen molar-refractivity contribution >= 4 is 57.4 Å². The van der Waals surface area contributed by atoms with Crippen molar-refractivity contribution in [1.82, 2.24) is 9.97 Å². The van der Waals surface area contributed by atoms with Gasteiger partial charge in [0, 0.05) is 10.4 Å². The van der Waals surface area contributed by atoms with Gasteiger partial charge in [0.05, 0.1) is 43.6 Å². The van der Waals surface area contributed by atoms with Gasteiger partial charge in [-0.3, -0.25) is 4.79 Å². The highest BCUT2D eigenvalue weighted by molar-refractivity contribution is 6.42. The lowest BCUT2D eigenvalue weighted by Crippen LogP contribution is -2.48. The molecule has 37 heavy (non-hydrogen) atoms. The average Bonchev–Trinajstić information content (AvgIpc) is 3.16. The Labute approximate surface area is 230 Å². The lowest BCUT2D eigenvalue weighted by Gasteiger charge is -2.39. The number of halogens is 3. The van der Waals surface area contributed by atoms with E-state index in [1.165, 1.54) is 0 Å². The summed E-state index contributed by atoms with van der Waals surface area (Å²) in [4.78, 5) is 24.4. The van der Waals surface area contributed by atoms with Crippen LogP contribution < -0.4 is 10.1 Å². The topological polar surface area (TPSA) is 64.1 Å². The summed E-state index contributed by atoms with van der Waals surface area (Å²) < 4.78 is 6.10. The molecule has 8 heteroatoms. The first-order valence-corrected chi connectivity index (χ1v) is 13.2. The van der Waals surface area contributed by atoms with Crippen LogP contribution in [-0.4, -0.2) is 15.9 Å². The van der Waals surface area contributed by atoms with Crippen molar-refractivity contribution in [3.63, 3.8) is 0 Å².